The number of Topliss-reactive ketones (excluding diaryl/α,β-unsaturated/α-hetero) is 1. The van der Waals surface area contributed by atoms with E-state index in [2.05, 4.69) is 0 Å². The summed E-state index contributed by atoms with van der Waals surface area (Å²) in [6.07, 6.45) is 0. The maximum absolute atomic E-state index is 11.8. The number of hydrogen-bond donors (Lipinski definition) is 1. The molecule has 0 saturated heterocycles. The lowest BCUT2D eigenvalue weighted by molar-refractivity contribution is -0.463. The minimum Gasteiger partial charge on any atom is -0.316 e. The number of nitrogens with two attached hydrogens (primary N) is 1. The molecule has 1 aliphatic heterocycles. The molecule has 0 bridgehead atoms. The molecule has 2 N–H and O–H groups in total. The highest BCUT2D eigenvalue weighted by molar-refractivity contribution is 5.91. The van der Waals surface area contributed by atoms with Crippen LogP contribution in [0.5, 0.6) is 0 Å². The summed E-state index contributed by atoms with van der Waals surface area (Å²) in [5.41, 5.74) is 6.98. The fourth-order valence-electron chi connectivity index (χ4n) is 1.92. The first-order valence-corrected chi connectivity index (χ1v) is 4.94. The minimum atomic E-state index is -0.690. The van der Waals surface area contributed by atoms with Crippen LogP contribution >= 0.6 is 0 Å². The summed E-state index contributed by atoms with van der Waals surface area (Å²) in [5.74, 6) is -0.365. The van der Waals surface area contributed by atoms with E-state index in [-0.39, 0.29) is 18.2 Å². The summed E-state index contributed by atoms with van der Waals surface area (Å²) in [7, 11) is 0. The van der Waals surface area contributed by atoms with Crippen molar-refractivity contribution in [2.75, 3.05) is 6.54 Å². The normalized spacial score (nSPS) is 26.0. The largest absolute Gasteiger partial charge is 0.316 e. The molecular formula is C11H13N2O2+. The van der Waals surface area contributed by atoms with E-state index in [1.807, 2.05) is 6.07 Å². The predicted octanol–water partition coefficient (Wildman–Crippen LogP) is 1.11. The number of rotatable bonds is 0. The summed E-state index contributed by atoms with van der Waals surface area (Å²) >= 11 is 0. The van der Waals surface area contributed by atoms with Gasteiger partial charge in [0.15, 0.2) is 5.78 Å². The number of carbonyl (C=O) groups excluding carboxylic acids is 1. The summed E-state index contributed by atoms with van der Waals surface area (Å²) < 4.78 is 0.807. The first-order valence-electron chi connectivity index (χ1n) is 4.94. The van der Waals surface area contributed by atoms with Crippen molar-refractivity contribution in [3.63, 3.8) is 0 Å². The van der Waals surface area contributed by atoms with Crippen molar-refractivity contribution >= 4 is 11.5 Å². The van der Waals surface area contributed by atoms with Gasteiger partial charge in [-0.15, -0.1) is 0 Å². The van der Waals surface area contributed by atoms with Crippen LogP contribution in [0, 0.1) is 4.91 Å². The molecule has 0 saturated carbocycles. The Bertz CT molecular complexity index is 428. The van der Waals surface area contributed by atoms with Gasteiger partial charge in [0.25, 0.3) is 5.69 Å². The Morgan fingerprint density at radius 2 is 2.07 bits per heavy atom. The van der Waals surface area contributed by atoms with Gasteiger partial charge in [-0.3, -0.25) is 4.79 Å². The van der Waals surface area contributed by atoms with Gasteiger partial charge in [0.1, 0.15) is 6.04 Å². The second-order valence-electron chi connectivity index (χ2n) is 3.85. The Labute approximate surface area is 87.7 Å². The van der Waals surface area contributed by atoms with E-state index in [1.165, 1.54) is 0 Å². The van der Waals surface area contributed by atoms with Crippen LogP contribution in [0.15, 0.2) is 24.3 Å². The molecule has 0 spiro atoms. The molecule has 1 aromatic rings. The van der Waals surface area contributed by atoms with E-state index >= 15 is 0 Å². The van der Waals surface area contributed by atoms with E-state index in [4.69, 9.17) is 5.73 Å². The molecule has 1 aliphatic rings. The first kappa shape index (κ1) is 9.98. The van der Waals surface area contributed by atoms with Gasteiger partial charge in [0.2, 0.25) is 6.54 Å². The fraction of sp³-hybridized carbons (Fsp3) is 0.364. The Kier molecular flexibility index (Phi) is 2.36. The molecule has 78 valence electrons. The summed E-state index contributed by atoms with van der Waals surface area (Å²) in [6, 6.07) is 6.46. The number of para-hydroxylation sites is 1. The summed E-state index contributed by atoms with van der Waals surface area (Å²) in [5, 5.41) is 0. The Morgan fingerprint density at radius 1 is 1.40 bits per heavy atom. The second-order valence-corrected chi connectivity index (χ2v) is 3.85. The van der Waals surface area contributed by atoms with Crippen LogP contribution in [0.3, 0.4) is 0 Å². The Hall–Kier alpha value is -1.55. The molecule has 1 heterocycles. The van der Waals surface area contributed by atoms with Gasteiger partial charge in [0, 0.05) is 27.2 Å². The Balaban J connectivity index is 2.57. The highest BCUT2D eigenvalue weighted by Crippen LogP contribution is 2.30. The lowest BCUT2D eigenvalue weighted by atomic mass is 9.93. The molecule has 2 atom stereocenters. The molecule has 0 aliphatic carbocycles. The average Bonchev–Trinajstić information content (AvgIpc) is 2.33. The van der Waals surface area contributed by atoms with E-state index in [0.717, 1.165) is 10.3 Å². The van der Waals surface area contributed by atoms with Gasteiger partial charge >= 0.3 is 0 Å². The molecule has 0 amide bonds. The van der Waals surface area contributed by atoms with E-state index in [0.29, 0.717) is 5.69 Å². The second kappa shape index (κ2) is 3.55. The SMILES string of the molecule is CC1C(=O)C(N)C[N+](=O)c2ccccc21. The highest BCUT2D eigenvalue weighted by atomic mass is 16.3. The number of nitroso groups, excluding NO2 is 1. The molecule has 4 heteroatoms. The van der Waals surface area contributed by atoms with Crippen LogP contribution in [-0.2, 0) is 4.79 Å². The third-order valence-electron chi connectivity index (χ3n) is 2.83. The van der Waals surface area contributed by atoms with Crippen LogP contribution in [0.1, 0.15) is 18.4 Å². The maximum atomic E-state index is 11.8. The van der Waals surface area contributed by atoms with Gasteiger partial charge in [-0.05, 0) is 0 Å². The zero-order valence-corrected chi connectivity index (χ0v) is 8.51. The minimum absolute atomic E-state index is 0.0419. The molecule has 0 radical (unpaired) electrons. The molecular weight excluding hydrogens is 192 g/mol. The number of fused-ring (bicyclic) bond motifs is 1. The van der Waals surface area contributed by atoms with E-state index in [1.54, 1.807) is 25.1 Å². The molecule has 0 fully saturated rings. The van der Waals surface area contributed by atoms with Crippen LogP contribution in [-0.4, -0.2) is 23.1 Å². The fourth-order valence-corrected chi connectivity index (χ4v) is 1.92. The quantitative estimate of drug-likeness (QED) is 0.645. The molecule has 15 heavy (non-hydrogen) atoms. The standard InChI is InChI=1S/C11H13N2O2/c1-7-8-4-2-3-5-10(8)13(15)6-9(12)11(7)14/h2-5,7,9H,6,12H2,1H3/q+1. The third kappa shape index (κ3) is 1.57. The van der Waals surface area contributed by atoms with Crippen LogP contribution in [0.2, 0.25) is 0 Å². The van der Waals surface area contributed by atoms with Crippen molar-refractivity contribution in [1.82, 2.24) is 0 Å². The van der Waals surface area contributed by atoms with Crippen molar-refractivity contribution in [1.29, 1.82) is 0 Å². The number of benzene rings is 1. The predicted molar refractivity (Wildman–Crippen MR) is 56.0 cm³/mol. The van der Waals surface area contributed by atoms with Crippen LogP contribution < -0.4 is 5.73 Å². The molecule has 0 aromatic heterocycles. The highest BCUT2D eigenvalue weighted by Gasteiger charge is 2.36. The van der Waals surface area contributed by atoms with Gasteiger partial charge in [-0.25, -0.2) is 0 Å². The molecule has 2 rings (SSSR count). The monoisotopic (exact) mass is 205 g/mol. The van der Waals surface area contributed by atoms with Gasteiger partial charge in [-0.1, -0.05) is 25.1 Å². The van der Waals surface area contributed by atoms with Crippen molar-refractivity contribution < 1.29 is 9.55 Å². The van der Waals surface area contributed by atoms with Crippen molar-refractivity contribution in [3.8, 4) is 0 Å². The molecule has 4 nitrogen and oxygen atoms in total. The van der Waals surface area contributed by atoms with E-state index < -0.39 is 6.04 Å². The smallest absolute Gasteiger partial charge is 0.259 e. The van der Waals surface area contributed by atoms with Gasteiger partial charge in [-0.2, -0.15) is 0 Å². The number of hydrogen-bond acceptors (Lipinski definition) is 3. The maximum Gasteiger partial charge on any atom is 0.259 e. The van der Waals surface area contributed by atoms with Crippen LogP contribution in [0.25, 0.3) is 0 Å². The topological polar surface area (TPSA) is 63.2 Å². The Morgan fingerprint density at radius 3 is 2.80 bits per heavy atom. The zero-order valence-electron chi connectivity index (χ0n) is 8.51. The first-order chi connectivity index (χ1) is 7.11. The van der Waals surface area contributed by atoms with E-state index in [9.17, 15) is 9.70 Å². The number of nitrogens with zero attached hydrogens (tertiary/aromatic N) is 1. The van der Waals surface area contributed by atoms with Crippen molar-refractivity contribution in [3.05, 3.63) is 34.7 Å². The summed E-state index contributed by atoms with van der Waals surface area (Å²) in [6.45, 7) is 1.83. The molecule has 1 aromatic carbocycles. The molecule has 2 unspecified atom stereocenters. The van der Waals surface area contributed by atoms with Crippen LogP contribution in [0.4, 0.5) is 5.69 Å². The van der Waals surface area contributed by atoms with Gasteiger partial charge in [0.05, 0.1) is 0 Å². The zero-order chi connectivity index (χ0) is 11.0. The summed E-state index contributed by atoms with van der Waals surface area (Å²) in [4.78, 5) is 23.5. The van der Waals surface area contributed by atoms with Gasteiger partial charge < -0.3 is 5.73 Å². The van der Waals surface area contributed by atoms with Crippen molar-refractivity contribution in [2.45, 2.75) is 18.9 Å². The lowest BCUT2D eigenvalue weighted by Gasteiger charge is -2.08. The number of carbonyl (C=O) groups is 1. The third-order valence-corrected chi connectivity index (χ3v) is 2.83. The lowest BCUT2D eigenvalue weighted by Crippen LogP contribution is -2.37. The van der Waals surface area contributed by atoms with Crippen molar-refractivity contribution in [2.24, 2.45) is 5.73 Å². The average molecular weight is 205 g/mol. The number of ketones is 1.